The van der Waals surface area contributed by atoms with Gasteiger partial charge in [-0.2, -0.15) is 0 Å². The lowest BCUT2D eigenvalue weighted by molar-refractivity contribution is 0.431. The van der Waals surface area contributed by atoms with E-state index >= 15 is 0 Å². The van der Waals surface area contributed by atoms with E-state index in [4.69, 9.17) is 10.2 Å². The van der Waals surface area contributed by atoms with Gasteiger partial charge in [-0.15, -0.1) is 0 Å². The topological polar surface area (TPSA) is 39.2 Å². The van der Waals surface area contributed by atoms with Crippen LogP contribution in [-0.4, -0.2) is 0 Å². The number of hydrogen-bond donors (Lipinski definition) is 1. The molecule has 3 heteroatoms. The Kier molecular flexibility index (Phi) is 2.97. The highest BCUT2D eigenvalue weighted by molar-refractivity contribution is 5.77. The zero-order valence-corrected chi connectivity index (χ0v) is 9.53. The molecule has 0 saturated carbocycles. The largest absolute Gasteiger partial charge is 0.459 e. The van der Waals surface area contributed by atoms with E-state index in [1.807, 2.05) is 6.07 Å². The molecular formula is C13H16FNO. The van der Waals surface area contributed by atoms with Crippen molar-refractivity contribution in [3.05, 3.63) is 35.8 Å². The summed E-state index contributed by atoms with van der Waals surface area (Å²) in [5.41, 5.74) is 6.57. The maximum atomic E-state index is 13.0. The number of furan rings is 1. The van der Waals surface area contributed by atoms with Gasteiger partial charge in [-0.05, 0) is 30.5 Å². The second-order valence-corrected chi connectivity index (χ2v) is 4.57. The van der Waals surface area contributed by atoms with Crippen LogP contribution in [0.4, 0.5) is 4.39 Å². The van der Waals surface area contributed by atoms with Crippen molar-refractivity contribution in [1.82, 2.24) is 0 Å². The van der Waals surface area contributed by atoms with Crippen molar-refractivity contribution in [3.8, 4) is 0 Å². The fraction of sp³-hybridized carbons (Fsp3) is 0.385. The van der Waals surface area contributed by atoms with Crippen LogP contribution < -0.4 is 5.73 Å². The van der Waals surface area contributed by atoms with E-state index < -0.39 is 0 Å². The van der Waals surface area contributed by atoms with Gasteiger partial charge >= 0.3 is 0 Å². The molecule has 2 nitrogen and oxygen atoms in total. The standard InChI is InChI=1S/C13H16FNO/c1-8(2)5-11(15)13-6-9-3-4-10(14)7-12(9)16-13/h3-4,6-8,11H,5,15H2,1-2H3/t11-/m0/s1. The Labute approximate surface area is 94.2 Å². The SMILES string of the molecule is CC(C)C[C@H](N)c1cc2ccc(F)cc2o1. The molecule has 0 radical (unpaired) electrons. The van der Waals surface area contributed by atoms with Gasteiger partial charge in [0.2, 0.25) is 0 Å². The first kappa shape index (κ1) is 11.1. The maximum absolute atomic E-state index is 13.0. The van der Waals surface area contributed by atoms with E-state index in [-0.39, 0.29) is 11.9 Å². The van der Waals surface area contributed by atoms with Crippen LogP contribution in [0, 0.1) is 11.7 Å². The Morgan fingerprint density at radius 2 is 2.06 bits per heavy atom. The molecule has 2 aromatic rings. The normalized spacial score (nSPS) is 13.6. The summed E-state index contributed by atoms with van der Waals surface area (Å²) >= 11 is 0. The smallest absolute Gasteiger partial charge is 0.137 e. The van der Waals surface area contributed by atoms with Crippen molar-refractivity contribution < 1.29 is 8.81 Å². The number of hydrogen-bond acceptors (Lipinski definition) is 2. The number of rotatable bonds is 3. The van der Waals surface area contributed by atoms with Crippen LogP contribution in [0.3, 0.4) is 0 Å². The van der Waals surface area contributed by atoms with Crippen LogP contribution in [-0.2, 0) is 0 Å². The average molecular weight is 221 g/mol. The molecule has 86 valence electrons. The molecule has 0 aliphatic carbocycles. The molecule has 0 aliphatic rings. The molecule has 2 N–H and O–H groups in total. The first-order chi connectivity index (χ1) is 7.56. The summed E-state index contributed by atoms with van der Waals surface area (Å²) in [4.78, 5) is 0. The van der Waals surface area contributed by atoms with Gasteiger partial charge in [0, 0.05) is 11.5 Å². The Hall–Kier alpha value is -1.35. The van der Waals surface area contributed by atoms with Crippen LogP contribution in [0.5, 0.6) is 0 Å². The van der Waals surface area contributed by atoms with Gasteiger partial charge < -0.3 is 10.2 Å². The Bertz CT molecular complexity index is 490. The fourth-order valence-corrected chi connectivity index (χ4v) is 1.83. The summed E-state index contributed by atoms with van der Waals surface area (Å²) < 4.78 is 18.5. The average Bonchev–Trinajstić information content (AvgIpc) is 2.59. The van der Waals surface area contributed by atoms with Gasteiger partial charge in [0.25, 0.3) is 0 Å². The third-order valence-corrected chi connectivity index (χ3v) is 2.59. The summed E-state index contributed by atoms with van der Waals surface area (Å²) in [7, 11) is 0. The maximum Gasteiger partial charge on any atom is 0.137 e. The molecule has 0 amide bonds. The summed E-state index contributed by atoms with van der Waals surface area (Å²) in [6.45, 7) is 4.23. The van der Waals surface area contributed by atoms with Gasteiger partial charge in [0.1, 0.15) is 17.2 Å². The molecule has 1 aromatic carbocycles. The van der Waals surface area contributed by atoms with Gasteiger partial charge in [-0.3, -0.25) is 0 Å². The van der Waals surface area contributed by atoms with Crippen molar-refractivity contribution >= 4 is 11.0 Å². The minimum Gasteiger partial charge on any atom is -0.459 e. The number of nitrogens with two attached hydrogens (primary N) is 1. The lowest BCUT2D eigenvalue weighted by Crippen LogP contribution is -2.11. The zero-order valence-electron chi connectivity index (χ0n) is 9.53. The molecule has 0 aliphatic heterocycles. The molecule has 0 unspecified atom stereocenters. The predicted molar refractivity (Wildman–Crippen MR) is 62.6 cm³/mol. The quantitative estimate of drug-likeness (QED) is 0.859. The zero-order chi connectivity index (χ0) is 11.7. The molecule has 0 fully saturated rings. The van der Waals surface area contributed by atoms with Crippen molar-refractivity contribution in [2.24, 2.45) is 11.7 Å². The van der Waals surface area contributed by atoms with Crippen molar-refractivity contribution in [2.45, 2.75) is 26.3 Å². The van der Waals surface area contributed by atoms with E-state index in [9.17, 15) is 4.39 Å². The van der Waals surface area contributed by atoms with E-state index in [1.165, 1.54) is 12.1 Å². The predicted octanol–water partition coefficient (Wildman–Crippen LogP) is 3.62. The second-order valence-electron chi connectivity index (χ2n) is 4.57. The molecule has 1 heterocycles. The monoisotopic (exact) mass is 221 g/mol. The Morgan fingerprint density at radius 1 is 1.31 bits per heavy atom. The Morgan fingerprint density at radius 3 is 2.75 bits per heavy atom. The summed E-state index contributed by atoms with van der Waals surface area (Å²) in [5.74, 6) is 0.958. The fourth-order valence-electron chi connectivity index (χ4n) is 1.83. The summed E-state index contributed by atoms with van der Waals surface area (Å²) in [6, 6.07) is 6.30. The number of benzene rings is 1. The minimum atomic E-state index is -0.286. The Balaban J connectivity index is 2.32. The molecule has 2 rings (SSSR count). The molecule has 0 bridgehead atoms. The van der Waals surface area contributed by atoms with E-state index in [2.05, 4.69) is 13.8 Å². The van der Waals surface area contributed by atoms with Gasteiger partial charge in [0.15, 0.2) is 0 Å². The van der Waals surface area contributed by atoms with Crippen molar-refractivity contribution in [1.29, 1.82) is 0 Å². The van der Waals surface area contributed by atoms with Crippen molar-refractivity contribution in [2.75, 3.05) is 0 Å². The van der Waals surface area contributed by atoms with Crippen LogP contribution >= 0.6 is 0 Å². The van der Waals surface area contributed by atoms with Gasteiger partial charge in [-0.25, -0.2) is 4.39 Å². The van der Waals surface area contributed by atoms with Crippen LogP contribution in [0.25, 0.3) is 11.0 Å². The van der Waals surface area contributed by atoms with Crippen LogP contribution in [0.2, 0.25) is 0 Å². The van der Waals surface area contributed by atoms with Gasteiger partial charge in [0.05, 0.1) is 6.04 Å². The molecule has 0 spiro atoms. The molecule has 16 heavy (non-hydrogen) atoms. The van der Waals surface area contributed by atoms with Crippen LogP contribution in [0.1, 0.15) is 32.1 Å². The molecule has 1 atom stereocenters. The first-order valence-electron chi connectivity index (χ1n) is 5.51. The summed E-state index contributed by atoms with van der Waals surface area (Å²) in [5, 5.41) is 0.899. The highest BCUT2D eigenvalue weighted by atomic mass is 19.1. The molecule has 1 aromatic heterocycles. The van der Waals surface area contributed by atoms with Crippen molar-refractivity contribution in [3.63, 3.8) is 0 Å². The van der Waals surface area contributed by atoms with E-state index in [0.717, 1.165) is 17.6 Å². The lowest BCUT2D eigenvalue weighted by atomic mass is 10.0. The molecular weight excluding hydrogens is 205 g/mol. The second kappa shape index (κ2) is 4.26. The highest BCUT2D eigenvalue weighted by Gasteiger charge is 2.13. The third-order valence-electron chi connectivity index (χ3n) is 2.59. The minimum absolute atomic E-state index is 0.115. The number of halogens is 1. The van der Waals surface area contributed by atoms with E-state index in [1.54, 1.807) is 6.07 Å². The summed E-state index contributed by atoms with van der Waals surface area (Å²) in [6.07, 6.45) is 0.863. The third kappa shape index (κ3) is 2.25. The highest BCUT2D eigenvalue weighted by Crippen LogP contribution is 2.26. The van der Waals surface area contributed by atoms with Gasteiger partial charge in [-0.1, -0.05) is 13.8 Å². The number of fused-ring (bicyclic) bond motifs is 1. The lowest BCUT2D eigenvalue weighted by Gasteiger charge is -2.10. The molecule has 0 saturated heterocycles. The van der Waals surface area contributed by atoms with Crippen LogP contribution in [0.15, 0.2) is 28.7 Å². The van der Waals surface area contributed by atoms with E-state index in [0.29, 0.717) is 11.5 Å². The first-order valence-corrected chi connectivity index (χ1v) is 5.51.